The second-order valence-electron chi connectivity index (χ2n) is 6.39. The summed E-state index contributed by atoms with van der Waals surface area (Å²) in [5.41, 5.74) is 0. The Morgan fingerprint density at radius 1 is 0.724 bits per heavy atom. The van der Waals surface area contributed by atoms with Crippen LogP contribution in [-0.4, -0.2) is 32.0 Å². The molecule has 0 unspecified atom stereocenters. The molecule has 0 spiro atoms. The molecule has 0 N–H and O–H groups in total. The second kappa shape index (κ2) is 11.7. The van der Waals surface area contributed by atoms with Crippen molar-refractivity contribution >= 4 is 29.1 Å². The highest BCUT2D eigenvalue weighted by atomic mass is 35.5. The predicted molar refractivity (Wildman–Crippen MR) is 117 cm³/mol. The van der Waals surface area contributed by atoms with Crippen LogP contribution in [-0.2, 0) is 14.3 Å². The van der Waals surface area contributed by atoms with Crippen LogP contribution in [0.15, 0.2) is 91.0 Å². The number of carbonyl (C=O) groups excluding carboxylic acids is 1. The molecule has 0 radical (unpaired) electrons. The Bertz CT molecular complexity index is 760. The molecule has 0 atom stereocenters. The van der Waals surface area contributed by atoms with E-state index in [1.54, 1.807) is 0 Å². The first-order valence-electron chi connectivity index (χ1n) is 9.55. The van der Waals surface area contributed by atoms with Crippen molar-refractivity contribution in [3.05, 3.63) is 91.0 Å². The number of halogens is 1. The quantitative estimate of drug-likeness (QED) is 0.284. The molecule has 0 saturated carbocycles. The Balaban J connectivity index is 0.00000300. The van der Waals surface area contributed by atoms with Crippen molar-refractivity contribution in [1.82, 2.24) is 0 Å². The number of carbonyl (C=O) groups is 1. The van der Waals surface area contributed by atoms with Crippen molar-refractivity contribution in [3.63, 3.8) is 0 Å². The van der Waals surface area contributed by atoms with Gasteiger partial charge in [-0.25, -0.2) is 4.79 Å². The predicted octanol–water partition coefficient (Wildman–Crippen LogP) is 0.564. The molecule has 3 nitrogen and oxygen atoms in total. The minimum atomic E-state index is -2.18. The van der Waals surface area contributed by atoms with Crippen molar-refractivity contribution < 1.29 is 26.7 Å². The third kappa shape index (κ3) is 5.67. The van der Waals surface area contributed by atoms with Crippen LogP contribution in [0.1, 0.15) is 6.92 Å². The van der Waals surface area contributed by atoms with Gasteiger partial charge in [0.2, 0.25) is 0 Å². The molecule has 0 aliphatic carbocycles. The van der Waals surface area contributed by atoms with Gasteiger partial charge >= 0.3 is 5.97 Å². The van der Waals surface area contributed by atoms with Gasteiger partial charge in [-0.3, -0.25) is 0 Å². The van der Waals surface area contributed by atoms with Crippen LogP contribution in [0.4, 0.5) is 0 Å². The van der Waals surface area contributed by atoms with E-state index < -0.39 is 7.26 Å². The Hall–Kier alpha value is -2.19. The van der Waals surface area contributed by atoms with Crippen LogP contribution < -0.4 is 28.3 Å². The maximum Gasteiger partial charge on any atom is 0.345 e. The van der Waals surface area contributed by atoms with Crippen LogP contribution in [0.3, 0.4) is 0 Å². The SMILES string of the molecule is CCOCCOC(=O)C[P+](c1ccccc1)(c1ccccc1)c1ccccc1.[Cl-]. The van der Waals surface area contributed by atoms with Gasteiger partial charge in [0.25, 0.3) is 0 Å². The average Bonchev–Trinajstić information content (AvgIpc) is 2.77. The second-order valence-corrected chi connectivity index (χ2v) is 9.88. The summed E-state index contributed by atoms with van der Waals surface area (Å²) in [6.07, 6.45) is 0.331. The van der Waals surface area contributed by atoms with Crippen molar-refractivity contribution in [2.75, 3.05) is 26.0 Å². The molecule has 0 heterocycles. The molecular formula is C24H26ClO3P. The van der Waals surface area contributed by atoms with Gasteiger partial charge in [0.15, 0.2) is 6.16 Å². The zero-order valence-electron chi connectivity index (χ0n) is 16.5. The summed E-state index contributed by atoms with van der Waals surface area (Å²) >= 11 is 0. The fraction of sp³-hybridized carbons (Fsp3) is 0.208. The molecule has 0 bridgehead atoms. The van der Waals surface area contributed by atoms with Crippen molar-refractivity contribution in [2.24, 2.45) is 0 Å². The smallest absolute Gasteiger partial charge is 0.345 e. The largest absolute Gasteiger partial charge is 1.00 e. The monoisotopic (exact) mass is 428 g/mol. The van der Waals surface area contributed by atoms with E-state index in [2.05, 4.69) is 36.4 Å². The van der Waals surface area contributed by atoms with Crippen LogP contribution in [0.5, 0.6) is 0 Å². The van der Waals surface area contributed by atoms with Gasteiger partial charge < -0.3 is 21.9 Å². The van der Waals surface area contributed by atoms with Crippen molar-refractivity contribution in [1.29, 1.82) is 0 Å². The molecule has 3 aromatic carbocycles. The van der Waals surface area contributed by atoms with Gasteiger partial charge in [-0.1, -0.05) is 54.6 Å². The minimum Gasteiger partial charge on any atom is -1.00 e. The molecule has 0 fully saturated rings. The molecule has 0 aliphatic rings. The van der Waals surface area contributed by atoms with E-state index in [1.165, 1.54) is 15.9 Å². The summed E-state index contributed by atoms with van der Waals surface area (Å²) in [6, 6.07) is 31.0. The lowest BCUT2D eigenvalue weighted by molar-refractivity contribution is -0.142. The van der Waals surface area contributed by atoms with Crippen molar-refractivity contribution in [3.8, 4) is 0 Å². The number of hydrogen-bond donors (Lipinski definition) is 0. The Morgan fingerprint density at radius 2 is 1.14 bits per heavy atom. The number of benzene rings is 3. The lowest BCUT2D eigenvalue weighted by atomic mass is 10.4. The van der Waals surface area contributed by atoms with Crippen LogP contribution in [0.2, 0.25) is 0 Å². The summed E-state index contributed by atoms with van der Waals surface area (Å²) in [6.45, 7) is 3.26. The van der Waals surface area contributed by atoms with Gasteiger partial charge in [0, 0.05) is 6.61 Å². The Kier molecular flexibility index (Phi) is 9.34. The Morgan fingerprint density at radius 3 is 1.52 bits per heavy atom. The molecule has 0 amide bonds. The van der Waals surface area contributed by atoms with Gasteiger partial charge in [-0.05, 0) is 43.3 Å². The van der Waals surface area contributed by atoms with Gasteiger partial charge in [-0.15, -0.1) is 0 Å². The summed E-state index contributed by atoms with van der Waals surface area (Å²) in [5.74, 6) is -0.190. The number of hydrogen-bond acceptors (Lipinski definition) is 3. The summed E-state index contributed by atoms with van der Waals surface area (Å²) in [5, 5.41) is 3.53. The van der Waals surface area contributed by atoms with E-state index in [4.69, 9.17) is 9.47 Å². The van der Waals surface area contributed by atoms with Crippen molar-refractivity contribution in [2.45, 2.75) is 6.92 Å². The first-order valence-corrected chi connectivity index (χ1v) is 11.5. The number of rotatable bonds is 9. The minimum absolute atomic E-state index is 0. The highest BCUT2D eigenvalue weighted by molar-refractivity contribution is 7.96. The summed E-state index contributed by atoms with van der Waals surface area (Å²) in [4.78, 5) is 12.9. The first-order chi connectivity index (χ1) is 13.8. The molecular weight excluding hydrogens is 403 g/mol. The maximum atomic E-state index is 12.9. The summed E-state index contributed by atoms with van der Waals surface area (Å²) < 4.78 is 10.8. The van der Waals surface area contributed by atoms with Crippen LogP contribution in [0, 0.1) is 0 Å². The zero-order valence-corrected chi connectivity index (χ0v) is 18.2. The molecule has 0 aromatic heterocycles. The van der Waals surface area contributed by atoms with E-state index >= 15 is 0 Å². The summed E-state index contributed by atoms with van der Waals surface area (Å²) in [7, 11) is -2.18. The molecule has 0 aliphatic heterocycles. The molecule has 0 saturated heterocycles. The fourth-order valence-corrected chi connectivity index (χ4v) is 7.33. The van der Waals surface area contributed by atoms with Gasteiger partial charge in [0.05, 0.1) is 6.61 Å². The zero-order chi connectivity index (χ0) is 19.7. The standard InChI is InChI=1S/C24H26O3P.ClH/c1-2-26-18-19-27-24(25)20-28(21-12-6-3-7-13-21,22-14-8-4-9-15-22)23-16-10-5-11-17-23;/h3-17H,2,18-20H2,1H3;1H/q+1;/p-1. The lowest BCUT2D eigenvalue weighted by Gasteiger charge is -2.26. The topological polar surface area (TPSA) is 35.5 Å². The maximum absolute atomic E-state index is 12.9. The molecule has 3 rings (SSSR count). The van der Waals surface area contributed by atoms with E-state index in [0.29, 0.717) is 19.4 Å². The molecule has 5 heteroatoms. The lowest BCUT2D eigenvalue weighted by Crippen LogP contribution is -3.00. The van der Waals surface area contributed by atoms with Crippen LogP contribution in [0.25, 0.3) is 0 Å². The van der Waals surface area contributed by atoms with E-state index in [0.717, 1.165) is 0 Å². The highest BCUT2D eigenvalue weighted by Crippen LogP contribution is 2.55. The molecule has 152 valence electrons. The van der Waals surface area contributed by atoms with Gasteiger partial charge in [-0.2, -0.15) is 0 Å². The van der Waals surface area contributed by atoms with E-state index in [-0.39, 0.29) is 25.0 Å². The normalized spacial score (nSPS) is 10.8. The number of esters is 1. The van der Waals surface area contributed by atoms with Crippen LogP contribution >= 0.6 is 7.26 Å². The van der Waals surface area contributed by atoms with E-state index in [9.17, 15) is 4.79 Å². The van der Waals surface area contributed by atoms with Gasteiger partial charge in [0.1, 0.15) is 29.8 Å². The average molecular weight is 429 g/mol. The number of ether oxygens (including phenoxy) is 2. The Labute approximate surface area is 179 Å². The van der Waals surface area contributed by atoms with E-state index in [1.807, 2.05) is 61.5 Å². The molecule has 3 aromatic rings. The fourth-order valence-electron chi connectivity index (χ4n) is 3.37. The first kappa shape index (κ1) is 23.1. The third-order valence-corrected chi connectivity index (χ3v) is 8.92. The third-order valence-electron chi connectivity index (χ3n) is 4.65. The molecule has 29 heavy (non-hydrogen) atoms. The highest BCUT2D eigenvalue weighted by Gasteiger charge is 2.47.